The first-order valence-corrected chi connectivity index (χ1v) is 7.07. The van der Waals surface area contributed by atoms with Gasteiger partial charge in [-0.05, 0) is 18.9 Å². The number of aromatic amines is 1. The summed E-state index contributed by atoms with van der Waals surface area (Å²) in [5.74, 6) is 0.563. The third-order valence-electron chi connectivity index (χ3n) is 2.95. The smallest absolute Gasteiger partial charge is 0.179 e. The van der Waals surface area contributed by atoms with Gasteiger partial charge in [0.2, 0.25) is 0 Å². The van der Waals surface area contributed by atoms with E-state index in [2.05, 4.69) is 10.2 Å². The lowest BCUT2D eigenvalue weighted by Gasteiger charge is -2.20. The van der Waals surface area contributed by atoms with Gasteiger partial charge in [-0.3, -0.25) is 9.89 Å². The Bertz CT molecular complexity index is 490. The van der Waals surface area contributed by atoms with Gasteiger partial charge in [-0.15, -0.1) is 0 Å². The van der Waals surface area contributed by atoms with Crippen LogP contribution in [0.2, 0.25) is 0 Å². The number of hydrogen-bond acceptors (Lipinski definition) is 4. The number of sulfone groups is 1. The summed E-state index contributed by atoms with van der Waals surface area (Å²) in [6.07, 6.45) is 1.23. The molecule has 0 atom stereocenters. The Morgan fingerprint density at radius 1 is 1.44 bits per heavy atom. The van der Waals surface area contributed by atoms with Crippen molar-refractivity contribution in [3.63, 3.8) is 0 Å². The van der Waals surface area contributed by atoms with E-state index in [1.807, 2.05) is 0 Å². The molecule has 6 heteroatoms. The summed E-state index contributed by atoms with van der Waals surface area (Å²) >= 11 is 0. The molecule has 1 aromatic rings. The van der Waals surface area contributed by atoms with E-state index in [-0.39, 0.29) is 23.2 Å². The number of rotatable bonds is 2. The van der Waals surface area contributed by atoms with Crippen LogP contribution >= 0.6 is 0 Å². The van der Waals surface area contributed by atoms with Crippen molar-refractivity contribution in [1.29, 1.82) is 0 Å². The molecule has 0 radical (unpaired) electrons. The molecule has 0 aromatic carbocycles. The highest BCUT2D eigenvalue weighted by molar-refractivity contribution is 7.91. The highest BCUT2D eigenvalue weighted by Crippen LogP contribution is 2.28. The molecule has 5 nitrogen and oxygen atoms in total. The van der Waals surface area contributed by atoms with Gasteiger partial charge >= 0.3 is 0 Å². The Kier molecular flexibility index (Phi) is 2.84. The molecule has 0 saturated carbocycles. The van der Waals surface area contributed by atoms with Crippen LogP contribution in [0.15, 0.2) is 6.07 Å². The Labute approximate surface area is 94.2 Å². The molecule has 0 unspecified atom stereocenters. The Balaban J connectivity index is 2.11. The molecule has 0 amide bonds. The molecular weight excluding hydrogens is 228 g/mol. The van der Waals surface area contributed by atoms with Gasteiger partial charge in [0.25, 0.3) is 0 Å². The Morgan fingerprint density at radius 2 is 2.06 bits per heavy atom. The first-order chi connectivity index (χ1) is 7.48. The predicted octanol–water partition coefficient (Wildman–Crippen LogP) is 0.904. The Morgan fingerprint density at radius 3 is 2.56 bits per heavy atom. The van der Waals surface area contributed by atoms with Crippen LogP contribution in [0, 0.1) is 0 Å². The van der Waals surface area contributed by atoms with E-state index >= 15 is 0 Å². The minimum atomic E-state index is -2.83. The van der Waals surface area contributed by atoms with Gasteiger partial charge in [0.15, 0.2) is 5.78 Å². The molecular formula is C10H14N2O3S. The molecule has 1 aromatic heterocycles. The quantitative estimate of drug-likeness (QED) is 0.781. The van der Waals surface area contributed by atoms with Gasteiger partial charge in [0, 0.05) is 18.5 Å². The molecule has 16 heavy (non-hydrogen) atoms. The van der Waals surface area contributed by atoms with E-state index in [4.69, 9.17) is 0 Å². The van der Waals surface area contributed by atoms with Crippen molar-refractivity contribution in [3.05, 3.63) is 17.5 Å². The fourth-order valence-electron chi connectivity index (χ4n) is 1.93. The second-order valence-corrected chi connectivity index (χ2v) is 6.49. The maximum Gasteiger partial charge on any atom is 0.179 e. The SMILES string of the molecule is CC(=O)c1cc(C2CCS(=O)(=O)CC2)[nH]n1. The summed E-state index contributed by atoms with van der Waals surface area (Å²) in [7, 11) is -2.83. The highest BCUT2D eigenvalue weighted by Gasteiger charge is 2.26. The van der Waals surface area contributed by atoms with E-state index in [0.29, 0.717) is 18.5 Å². The lowest BCUT2D eigenvalue weighted by Crippen LogP contribution is -2.22. The van der Waals surface area contributed by atoms with E-state index in [1.54, 1.807) is 6.07 Å². The van der Waals surface area contributed by atoms with Crippen molar-refractivity contribution >= 4 is 15.6 Å². The largest absolute Gasteiger partial charge is 0.293 e. The topological polar surface area (TPSA) is 79.9 Å². The van der Waals surface area contributed by atoms with Crippen LogP contribution in [0.3, 0.4) is 0 Å². The molecule has 1 aliphatic heterocycles. The van der Waals surface area contributed by atoms with E-state index < -0.39 is 9.84 Å². The zero-order chi connectivity index (χ0) is 11.8. The number of aromatic nitrogens is 2. The van der Waals surface area contributed by atoms with Crippen LogP contribution in [-0.4, -0.2) is 35.9 Å². The van der Waals surface area contributed by atoms with Crippen LogP contribution in [0.5, 0.6) is 0 Å². The molecule has 2 rings (SSSR count). The lowest BCUT2D eigenvalue weighted by atomic mass is 9.98. The van der Waals surface area contributed by atoms with E-state index in [1.165, 1.54) is 6.92 Å². The minimum absolute atomic E-state index is 0.0778. The summed E-state index contributed by atoms with van der Waals surface area (Å²) in [4.78, 5) is 11.1. The van der Waals surface area contributed by atoms with Gasteiger partial charge in [0.05, 0.1) is 11.5 Å². The van der Waals surface area contributed by atoms with Gasteiger partial charge in [-0.1, -0.05) is 0 Å². The monoisotopic (exact) mass is 242 g/mol. The van der Waals surface area contributed by atoms with Gasteiger partial charge in [-0.25, -0.2) is 8.42 Å². The van der Waals surface area contributed by atoms with Crippen LogP contribution in [-0.2, 0) is 9.84 Å². The molecule has 1 N–H and O–H groups in total. The maximum absolute atomic E-state index is 11.3. The third kappa shape index (κ3) is 2.32. The van der Waals surface area contributed by atoms with Crippen molar-refractivity contribution in [2.75, 3.05) is 11.5 Å². The van der Waals surface area contributed by atoms with Gasteiger partial charge < -0.3 is 0 Å². The molecule has 0 aliphatic carbocycles. The average Bonchev–Trinajstić information content (AvgIpc) is 2.66. The number of nitrogens with zero attached hydrogens (tertiary/aromatic N) is 1. The third-order valence-corrected chi connectivity index (χ3v) is 4.67. The van der Waals surface area contributed by atoms with Gasteiger partial charge in [-0.2, -0.15) is 5.10 Å². The van der Waals surface area contributed by atoms with Crippen LogP contribution in [0.25, 0.3) is 0 Å². The molecule has 88 valence electrons. The summed E-state index contributed by atoms with van der Waals surface area (Å²) in [5.41, 5.74) is 1.29. The number of carbonyl (C=O) groups excluding carboxylic acids is 1. The highest BCUT2D eigenvalue weighted by atomic mass is 32.2. The van der Waals surface area contributed by atoms with Crippen molar-refractivity contribution in [2.45, 2.75) is 25.7 Å². The fourth-order valence-corrected chi connectivity index (χ4v) is 3.42. The zero-order valence-corrected chi connectivity index (χ0v) is 9.88. The van der Waals surface area contributed by atoms with Gasteiger partial charge in [0.1, 0.15) is 15.5 Å². The first-order valence-electron chi connectivity index (χ1n) is 5.24. The molecule has 0 bridgehead atoms. The standard InChI is InChI=1S/C10H14N2O3S/c1-7(13)9-6-10(12-11-9)8-2-4-16(14,15)5-3-8/h6,8H,2-5H2,1H3,(H,11,12). The molecule has 1 saturated heterocycles. The van der Waals surface area contributed by atoms with E-state index in [9.17, 15) is 13.2 Å². The van der Waals surface area contributed by atoms with Crippen molar-refractivity contribution < 1.29 is 13.2 Å². The van der Waals surface area contributed by atoms with Crippen LogP contribution in [0.4, 0.5) is 0 Å². The molecule has 1 fully saturated rings. The second kappa shape index (κ2) is 4.01. The van der Waals surface area contributed by atoms with E-state index in [0.717, 1.165) is 5.69 Å². The number of hydrogen-bond donors (Lipinski definition) is 1. The van der Waals surface area contributed by atoms with Crippen molar-refractivity contribution in [3.8, 4) is 0 Å². The number of ketones is 1. The Hall–Kier alpha value is -1.17. The minimum Gasteiger partial charge on any atom is -0.293 e. The summed E-state index contributed by atoms with van der Waals surface area (Å²) < 4.78 is 22.5. The predicted molar refractivity (Wildman–Crippen MR) is 59.2 cm³/mol. The summed E-state index contributed by atoms with van der Waals surface area (Å²) in [6.45, 7) is 1.46. The van der Waals surface area contributed by atoms with Crippen molar-refractivity contribution in [1.82, 2.24) is 10.2 Å². The zero-order valence-electron chi connectivity index (χ0n) is 9.06. The maximum atomic E-state index is 11.3. The summed E-state index contributed by atoms with van der Waals surface area (Å²) in [6, 6.07) is 1.73. The van der Waals surface area contributed by atoms with Crippen LogP contribution < -0.4 is 0 Å². The summed E-state index contributed by atoms with van der Waals surface area (Å²) in [5, 5.41) is 6.72. The first kappa shape index (κ1) is 11.3. The molecule has 2 heterocycles. The second-order valence-electron chi connectivity index (χ2n) is 4.19. The molecule has 1 aliphatic rings. The molecule has 0 spiro atoms. The lowest BCUT2D eigenvalue weighted by molar-refractivity contribution is 0.101. The number of nitrogens with one attached hydrogen (secondary N) is 1. The number of Topliss-reactive ketones (excluding diaryl/α,β-unsaturated/α-hetero) is 1. The fraction of sp³-hybridized carbons (Fsp3) is 0.600. The van der Waals surface area contributed by atoms with Crippen LogP contribution in [0.1, 0.15) is 41.9 Å². The average molecular weight is 242 g/mol. The number of carbonyl (C=O) groups is 1. The normalized spacial score (nSPS) is 20.8. The van der Waals surface area contributed by atoms with Crippen molar-refractivity contribution in [2.24, 2.45) is 0 Å². The number of H-pyrrole nitrogens is 1.